The first-order valence-corrected chi connectivity index (χ1v) is 9.19. The van der Waals surface area contributed by atoms with Gasteiger partial charge >= 0.3 is 0 Å². The number of aryl methyl sites for hydroxylation is 2. The number of benzene rings is 2. The van der Waals surface area contributed by atoms with Gasteiger partial charge in [0, 0.05) is 26.3 Å². The quantitative estimate of drug-likeness (QED) is 0.695. The van der Waals surface area contributed by atoms with Gasteiger partial charge in [-0.3, -0.25) is 4.79 Å². The fourth-order valence-electron chi connectivity index (χ4n) is 2.70. The molecule has 1 N–H and O–H groups in total. The molecule has 0 aliphatic rings. The predicted octanol–water partition coefficient (Wildman–Crippen LogP) is 3.89. The summed E-state index contributed by atoms with van der Waals surface area (Å²) >= 11 is 0. The molecule has 0 atom stereocenters. The molecule has 0 aliphatic heterocycles. The minimum Gasteiger partial charge on any atom is -0.493 e. The first-order valence-electron chi connectivity index (χ1n) is 9.19. The lowest BCUT2D eigenvalue weighted by atomic mass is 10.1. The molecule has 2 aromatic rings. The Bertz CT molecular complexity index is 709. The molecule has 0 saturated carbocycles. The van der Waals surface area contributed by atoms with E-state index in [9.17, 15) is 4.79 Å². The van der Waals surface area contributed by atoms with Gasteiger partial charge in [-0.15, -0.1) is 0 Å². The van der Waals surface area contributed by atoms with E-state index < -0.39 is 0 Å². The normalized spacial score (nSPS) is 10.5. The Balaban J connectivity index is 1.62. The summed E-state index contributed by atoms with van der Waals surface area (Å²) in [6.07, 6.45) is 2.28. The Morgan fingerprint density at radius 2 is 1.81 bits per heavy atom. The number of carbonyl (C=O) groups excluding carboxylic acids is 1. The lowest BCUT2D eigenvalue weighted by molar-refractivity contribution is -0.121. The van der Waals surface area contributed by atoms with E-state index in [1.165, 1.54) is 16.8 Å². The number of ether oxygens (including phenoxy) is 1. The van der Waals surface area contributed by atoms with Crippen LogP contribution in [0.5, 0.6) is 5.75 Å². The first kappa shape index (κ1) is 19.8. The van der Waals surface area contributed by atoms with Gasteiger partial charge in [-0.25, -0.2) is 0 Å². The number of rotatable bonds is 9. The number of hydrogen-bond acceptors (Lipinski definition) is 3. The minimum absolute atomic E-state index is 0.0401. The second-order valence-corrected chi connectivity index (χ2v) is 6.81. The third-order valence-electron chi connectivity index (χ3n) is 4.56. The number of nitrogens with zero attached hydrogens (tertiary/aromatic N) is 1. The maximum Gasteiger partial charge on any atom is 0.223 e. The molecule has 140 valence electrons. The number of amides is 1. The van der Waals surface area contributed by atoms with Crippen LogP contribution in [0, 0.1) is 13.8 Å². The van der Waals surface area contributed by atoms with Gasteiger partial charge in [0.05, 0.1) is 13.0 Å². The van der Waals surface area contributed by atoms with Crippen LogP contribution in [-0.4, -0.2) is 33.2 Å². The summed E-state index contributed by atoms with van der Waals surface area (Å²) in [5.41, 5.74) is 4.83. The van der Waals surface area contributed by atoms with E-state index in [0.717, 1.165) is 24.2 Å². The van der Waals surface area contributed by atoms with E-state index in [2.05, 4.69) is 47.5 Å². The van der Waals surface area contributed by atoms with Crippen molar-refractivity contribution in [2.24, 2.45) is 0 Å². The van der Waals surface area contributed by atoms with Crippen molar-refractivity contribution in [2.75, 3.05) is 32.1 Å². The highest BCUT2D eigenvalue weighted by Crippen LogP contribution is 2.20. The summed E-state index contributed by atoms with van der Waals surface area (Å²) in [6, 6.07) is 14.5. The molecule has 2 aromatic carbocycles. The van der Waals surface area contributed by atoms with Crippen LogP contribution in [0.3, 0.4) is 0 Å². The molecule has 0 saturated heterocycles. The average Bonchev–Trinajstić information content (AvgIpc) is 2.62. The van der Waals surface area contributed by atoms with Crippen molar-refractivity contribution in [3.63, 3.8) is 0 Å². The van der Waals surface area contributed by atoms with Crippen LogP contribution in [0.15, 0.2) is 42.5 Å². The fourth-order valence-corrected chi connectivity index (χ4v) is 2.70. The molecule has 0 bridgehead atoms. The van der Waals surface area contributed by atoms with Crippen LogP contribution in [-0.2, 0) is 11.2 Å². The summed E-state index contributed by atoms with van der Waals surface area (Å²) in [5, 5.41) is 2.97. The van der Waals surface area contributed by atoms with Crippen molar-refractivity contribution in [1.29, 1.82) is 0 Å². The van der Waals surface area contributed by atoms with E-state index in [0.29, 0.717) is 19.6 Å². The molecule has 0 spiro atoms. The molecule has 0 aromatic heterocycles. The molecule has 26 heavy (non-hydrogen) atoms. The second-order valence-electron chi connectivity index (χ2n) is 6.81. The van der Waals surface area contributed by atoms with Crippen LogP contribution < -0.4 is 15.0 Å². The van der Waals surface area contributed by atoms with Gasteiger partial charge in [0.1, 0.15) is 5.75 Å². The molecule has 2 rings (SSSR count). The molecule has 4 nitrogen and oxygen atoms in total. The largest absolute Gasteiger partial charge is 0.493 e. The van der Waals surface area contributed by atoms with Crippen molar-refractivity contribution >= 4 is 11.6 Å². The number of anilines is 1. The zero-order chi connectivity index (χ0) is 18.9. The van der Waals surface area contributed by atoms with E-state index in [1.807, 2.05) is 33.2 Å². The molecule has 0 heterocycles. The van der Waals surface area contributed by atoms with Crippen molar-refractivity contribution < 1.29 is 9.53 Å². The maximum atomic E-state index is 11.9. The standard InChI is InChI=1S/C22H30N2O2/c1-17-7-5-9-21(18(17)2)26-16-14-22(25)23-15-6-8-19-10-12-20(13-11-19)24(3)4/h5,7,9-13H,6,8,14-16H2,1-4H3,(H,23,25). The van der Waals surface area contributed by atoms with Crippen LogP contribution in [0.4, 0.5) is 5.69 Å². The molecule has 4 heteroatoms. The van der Waals surface area contributed by atoms with Crippen LogP contribution >= 0.6 is 0 Å². The van der Waals surface area contributed by atoms with E-state index >= 15 is 0 Å². The van der Waals surface area contributed by atoms with Crippen LogP contribution in [0.2, 0.25) is 0 Å². The SMILES string of the molecule is Cc1cccc(OCCC(=O)NCCCc2ccc(N(C)C)cc2)c1C. The fraction of sp³-hybridized carbons (Fsp3) is 0.409. The predicted molar refractivity (Wildman–Crippen MR) is 108 cm³/mol. The summed E-state index contributed by atoms with van der Waals surface area (Å²) < 4.78 is 5.73. The van der Waals surface area contributed by atoms with Crippen molar-refractivity contribution in [2.45, 2.75) is 33.1 Å². The number of nitrogens with one attached hydrogen (secondary N) is 1. The first-order chi connectivity index (χ1) is 12.5. The van der Waals surface area contributed by atoms with Crippen LogP contribution in [0.1, 0.15) is 29.5 Å². The molecule has 0 aliphatic carbocycles. The van der Waals surface area contributed by atoms with Crippen molar-refractivity contribution in [3.8, 4) is 5.75 Å². The van der Waals surface area contributed by atoms with E-state index in [-0.39, 0.29) is 5.91 Å². The molecular weight excluding hydrogens is 324 g/mol. The summed E-state index contributed by atoms with van der Waals surface area (Å²) in [5.74, 6) is 0.900. The Morgan fingerprint density at radius 1 is 1.08 bits per heavy atom. The second kappa shape index (κ2) is 9.85. The van der Waals surface area contributed by atoms with E-state index in [1.54, 1.807) is 0 Å². The van der Waals surface area contributed by atoms with Gasteiger partial charge < -0.3 is 15.0 Å². The zero-order valence-corrected chi connectivity index (χ0v) is 16.3. The minimum atomic E-state index is 0.0401. The average molecular weight is 354 g/mol. The summed E-state index contributed by atoms with van der Waals surface area (Å²) in [7, 11) is 4.07. The zero-order valence-electron chi connectivity index (χ0n) is 16.3. The van der Waals surface area contributed by atoms with Gasteiger partial charge in [-0.2, -0.15) is 0 Å². The smallest absolute Gasteiger partial charge is 0.223 e. The summed E-state index contributed by atoms with van der Waals surface area (Å²) in [4.78, 5) is 14.0. The molecule has 0 fully saturated rings. The molecule has 1 amide bonds. The molecular formula is C22H30N2O2. The van der Waals surface area contributed by atoms with Gasteiger partial charge in [0.15, 0.2) is 0 Å². The highest BCUT2D eigenvalue weighted by molar-refractivity contribution is 5.75. The number of hydrogen-bond donors (Lipinski definition) is 1. The lowest BCUT2D eigenvalue weighted by Crippen LogP contribution is -2.26. The lowest BCUT2D eigenvalue weighted by Gasteiger charge is -2.13. The summed E-state index contributed by atoms with van der Waals surface area (Å²) in [6.45, 7) is 5.19. The van der Waals surface area contributed by atoms with Crippen molar-refractivity contribution in [3.05, 3.63) is 59.2 Å². The van der Waals surface area contributed by atoms with Gasteiger partial charge in [-0.1, -0.05) is 24.3 Å². The Labute approximate surface area is 157 Å². The Morgan fingerprint density at radius 3 is 2.50 bits per heavy atom. The van der Waals surface area contributed by atoms with E-state index in [4.69, 9.17) is 4.74 Å². The van der Waals surface area contributed by atoms with Crippen molar-refractivity contribution in [1.82, 2.24) is 5.32 Å². The van der Waals surface area contributed by atoms with Crippen LogP contribution in [0.25, 0.3) is 0 Å². The Hall–Kier alpha value is -2.49. The van der Waals surface area contributed by atoms with Gasteiger partial charge in [0.2, 0.25) is 5.91 Å². The Kier molecular flexibility index (Phi) is 7.52. The molecule has 0 radical (unpaired) electrons. The molecule has 0 unspecified atom stereocenters. The third kappa shape index (κ3) is 6.10. The van der Waals surface area contributed by atoms with Gasteiger partial charge in [-0.05, 0) is 61.6 Å². The monoisotopic (exact) mass is 354 g/mol. The third-order valence-corrected chi connectivity index (χ3v) is 4.56. The highest BCUT2D eigenvalue weighted by Gasteiger charge is 2.05. The highest BCUT2D eigenvalue weighted by atomic mass is 16.5. The van der Waals surface area contributed by atoms with Gasteiger partial charge in [0.25, 0.3) is 0 Å². The topological polar surface area (TPSA) is 41.6 Å². The maximum absolute atomic E-state index is 11.9. The number of carbonyl (C=O) groups is 1.